The molecule has 31 heavy (non-hydrogen) atoms. The van der Waals surface area contributed by atoms with E-state index in [0.29, 0.717) is 18.9 Å². The van der Waals surface area contributed by atoms with E-state index in [1.807, 2.05) is 0 Å². The van der Waals surface area contributed by atoms with E-state index in [-0.39, 0.29) is 22.7 Å². The summed E-state index contributed by atoms with van der Waals surface area (Å²) in [5.74, 6) is -0.125. The molecular weight excluding hydrogens is 433 g/mol. The van der Waals surface area contributed by atoms with Crippen molar-refractivity contribution in [3.63, 3.8) is 0 Å². The number of para-hydroxylation sites is 1. The minimum atomic E-state index is -4.60. The predicted octanol–water partition coefficient (Wildman–Crippen LogP) is 3.59. The molecule has 0 aliphatic heterocycles. The molecule has 0 aliphatic rings. The minimum absolute atomic E-state index is 0.0385. The first-order chi connectivity index (χ1) is 14.7. The lowest BCUT2D eigenvalue weighted by molar-refractivity contribution is -0.137. The van der Waals surface area contributed by atoms with Crippen LogP contribution in [0.2, 0.25) is 0 Å². The summed E-state index contributed by atoms with van der Waals surface area (Å²) >= 11 is 0. The van der Waals surface area contributed by atoms with Gasteiger partial charge in [-0.05, 0) is 36.8 Å². The highest BCUT2D eigenvalue weighted by Gasteiger charge is 2.31. The van der Waals surface area contributed by atoms with Crippen LogP contribution in [0.5, 0.6) is 0 Å². The van der Waals surface area contributed by atoms with Gasteiger partial charge in [0, 0.05) is 30.9 Å². The van der Waals surface area contributed by atoms with E-state index in [0.717, 1.165) is 18.0 Å². The second kappa shape index (κ2) is 9.31. The zero-order chi connectivity index (χ0) is 22.5. The van der Waals surface area contributed by atoms with Gasteiger partial charge in [-0.1, -0.05) is 18.2 Å². The number of aromatic amines is 1. The van der Waals surface area contributed by atoms with Gasteiger partial charge in [0.1, 0.15) is 10.7 Å². The highest BCUT2D eigenvalue weighted by molar-refractivity contribution is 7.89. The molecule has 0 saturated carbocycles. The average Bonchev–Trinajstić information content (AvgIpc) is 3.24. The van der Waals surface area contributed by atoms with Gasteiger partial charge in [-0.2, -0.15) is 13.2 Å². The van der Waals surface area contributed by atoms with Crippen molar-refractivity contribution in [1.82, 2.24) is 14.7 Å². The molecule has 0 atom stereocenters. The molecule has 0 saturated heterocycles. The number of rotatable bonds is 8. The normalized spacial score (nSPS) is 12.0. The Kier molecular flexibility index (Phi) is 6.76. The maximum Gasteiger partial charge on any atom is 0.416 e. The zero-order valence-corrected chi connectivity index (χ0v) is 16.9. The van der Waals surface area contributed by atoms with Crippen molar-refractivity contribution in [1.29, 1.82) is 0 Å². The summed E-state index contributed by atoms with van der Waals surface area (Å²) < 4.78 is 66.5. The number of H-pyrrole nitrogens is 1. The van der Waals surface area contributed by atoms with E-state index < -0.39 is 27.7 Å². The van der Waals surface area contributed by atoms with E-state index in [9.17, 15) is 26.4 Å². The smallest absolute Gasteiger partial charge is 0.349 e. The fraction of sp³-hybridized carbons (Fsp3) is 0.200. The highest BCUT2D eigenvalue weighted by Crippen LogP contribution is 2.30. The number of sulfonamides is 1. The summed E-state index contributed by atoms with van der Waals surface area (Å²) in [6, 6.07) is 9.55. The molecule has 3 aromatic rings. The van der Waals surface area contributed by atoms with Gasteiger partial charge in [-0.3, -0.25) is 4.79 Å². The number of halogens is 3. The van der Waals surface area contributed by atoms with Crippen LogP contribution in [-0.4, -0.2) is 30.8 Å². The second-order valence-electron chi connectivity index (χ2n) is 6.57. The molecule has 1 amide bonds. The lowest BCUT2D eigenvalue weighted by Crippen LogP contribution is -2.26. The maximum absolute atomic E-state index is 12.9. The molecule has 164 valence electrons. The van der Waals surface area contributed by atoms with Gasteiger partial charge < -0.3 is 10.3 Å². The van der Waals surface area contributed by atoms with Crippen LogP contribution in [-0.2, 0) is 22.6 Å². The summed E-state index contributed by atoms with van der Waals surface area (Å²) in [5, 5.41) is 2.38. The molecule has 0 unspecified atom stereocenters. The largest absolute Gasteiger partial charge is 0.416 e. The molecule has 0 fully saturated rings. The van der Waals surface area contributed by atoms with Gasteiger partial charge in [0.25, 0.3) is 5.91 Å². The summed E-state index contributed by atoms with van der Waals surface area (Å²) in [4.78, 5) is 19.2. The van der Waals surface area contributed by atoms with Crippen LogP contribution in [0, 0.1) is 0 Å². The molecule has 7 nitrogen and oxygen atoms in total. The van der Waals surface area contributed by atoms with Gasteiger partial charge in [0.2, 0.25) is 10.0 Å². The summed E-state index contributed by atoms with van der Waals surface area (Å²) in [7, 11) is -3.97. The predicted molar refractivity (Wildman–Crippen MR) is 108 cm³/mol. The Balaban J connectivity index is 1.71. The Morgan fingerprint density at radius 1 is 1.10 bits per heavy atom. The lowest BCUT2D eigenvalue weighted by atomic mass is 10.1. The van der Waals surface area contributed by atoms with Crippen LogP contribution in [0.25, 0.3) is 0 Å². The molecule has 2 aromatic carbocycles. The van der Waals surface area contributed by atoms with Crippen LogP contribution in [0.3, 0.4) is 0 Å². The molecule has 1 heterocycles. The van der Waals surface area contributed by atoms with Gasteiger partial charge in [0.05, 0.1) is 11.3 Å². The van der Waals surface area contributed by atoms with E-state index in [4.69, 9.17) is 0 Å². The van der Waals surface area contributed by atoms with Gasteiger partial charge >= 0.3 is 6.18 Å². The van der Waals surface area contributed by atoms with Gasteiger partial charge in [-0.25, -0.2) is 18.1 Å². The van der Waals surface area contributed by atoms with Crippen LogP contribution in [0.1, 0.15) is 28.2 Å². The lowest BCUT2D eigenvalue weighted by Gasteiger charge is -2.13. The molecular formula is C20H19F3N4O3S. The number of nitrogens with zero attached hydrogens (tertiary/aromatic N) is 1. The van der Waals surface area contributed by atoms with E-state index >= 15 is 0 Å². The topological polar surface area (TPSA) is 104 Å². The number of nitrogens with one attached hydrogen (secondary N) is 3. The molecule has 11 heteroatoms. The number of imidazole rings is 1. The average molecular weight is 452 g/mol. The van der Waals surface area contributed by atoms with Gasteiger partial charge in [-0.15, -0.1) is 0 Å². The Bertz CT molecular complexity index is 1150. The third-order valence-electron chi connectivity index (χ3n) is 4.31. The van der Waals surface area contributed by atoms with E-state index in [1.165, 1.54) is 30.3 Å². The number of aromatic nitrogens is 2. The molecule has 3 rings (SSSR count). The van der Waals surface area contributed by atoms with E-state index in [2.05, 4.69) is 20.0 Å². The van der Waals surface area contributed by atoms with Crippen molar-refractivity contribution < 1.29 is 26.4 Å². The number of hydrogen-bond donors (Lipinski definition) is 3. The number of carbonyl (C=O) groups is 1. The van der Waals surface area contributed by atoms with Crippen LogP contribution in [0.15, 0.2) is 65.8 Å². The van der Waals surface area contributed by atoms with Crippen LogP contribution < -0.4 is 10.0 Å². The Morgan fingerprint density at radius 2 is 1.87 bits per heavy atom. The fourth-order valence-electron chi connectivity index (χ4n) is 2.81. The number of benzene rings is 2. The number of alkyl halides is 3. The van der Waals surface area contributed by atoms with Crippen molar-refractivity contribution in [2.45, 2.75) is 23.9 Å². The number of carbonyl (C=O) groups excluding carboxylic acids is 1. The monoisotopic (exact) mass is 452 g/mol. The zero-order valence-electron chi connectivity index (χ0n) is 16.1. The standard InChI is InChI=1S/C20H19F3N4O3S/c21-20(22,23)15-6-3-5-14(13-15)19(28)27-16-7-1-2-8-17(16)31(29,30)26-10-4-9-18-24-11-12-25-18/h1-3,5-8,11-13,26H,4,9-10H2,(H,24,25)(H,27,28). The first-order valence-corrected chi connectivity index (χ1v) is 10.7. The fourth-order valence-corrected chi connectivity index (χ4v) is 4.05. The molecule has 0 bridgehead atoms. The van der Waals surface area contributed by atoms with Gasteiger partial charge in [0.15, 0.2) is 0 Å². The summed E-state index contributed by atoms with van der Waals surface area (Å²) in [5.41, 5.74) is -1.25. The number of aryl methyl sites for hydroxylation is 1. The van der Waals surface area contributed by atoms with Crippen molar-refractivity contribution in [3.8, 4) is 0 Å². The summed E-state index contributed by atoms with van der Waals surface area (Å²) in [6.07, 6.45) is -0.294. The SMILES string of the molecule is O=C(Nc1ccccc1S(=O)(=O)NCCCc1ncc[nH]1)c1cccc(C(F)(F)F)c1. The minimum Gasteiger partial charge on any atom is -0.349 e. The first kappa shape index (κ1) is 22.5. The summed E-state index contributed by atoms with van der Waals surface area (Å²) in [6.45, 7) is 0.138. The number of amides is 1. The third-order valence-corrected chi connectivity index (χ3v) is 5.83. The molecule has 1 aromatic heterocycles. The van der Waals surface area contributed by atoms with Crippen molar-refractivity contribution in [2.75, 3.05) is 11.9 Å². The molecule has 3 N–H and O–H groups in total. The van der Waals surface area contributed by atoms with Crippen LogP contribution >= 0.6 is 0 Å². The number of hydrogen-bond acceptors (Lipinski definition) is 4. The Hall–Kier alpha value is -3.18. The molecule has 0 radical (unpaired) electrons. The molecule has 0 spiro atoms. The second-order valence-corrected chi connectivity index (χ2v) is 8.30. The van der Waals surface area contributed by atoms with Crippen molar-refractivity contribution >= 4 is 21.6 Å². The quantitative estimate of drug-likeness (QED) is 0.455. The van der Waals surface area contributed by atoms with Crippen LogP contribution in [0.4, 0.5) is 18.9 Å². The number of anilines is 1. The Labute approximate surface area is 176 Å². The maximum atomic E-state index is 12.9. The van der Waals surface area contributed by atoms with Crippen molar-refractivity contribution in [3.05, 3.63) is 77.9 Å². The highest BCUT2D eigenvalue weighted by atomic mass is 32.2. The third kappa shape index (κ3) is 5.92. The first-order valence-electron chi connectivity index (χ1n) is 9.22. The molecule has 0 aliphatic carbocycles. The van der Waals surface area contributed by atoms with E-state index in [1.54, 1.807) is 12.4 Å². The van der Waals surface area contributed by atoms with Crippen molar-refractivity contribution in [2.24, 2.45) is 0 Å². The Morgan fingerprint density at radius 3 is 2.58 bits per heavy atom.